The lowest BCUT2D eigenvalue weighted by atomic mass is 10.2. The molecule has 4 nitrogen and oxygen atoms in total. The van der Waals surface area contributed by atoms with Crippen LogP contribution < -0.4 is 10.2 Å². The molecule has 0 radical (unpaired) electrons. The van der Waals surface area contributed by atoms with Gasteiger partial charge in [0.25, 0.3) is 5.91 Å². The molecule has 0 fully saturated rings. The second-order valence-corrected chi connectivity index (χ2v) is 4.76. The van der Waals surface area contributed by atoms with E-state index in [-0.39, 0.29) is 5.91 Å². The van der Waals surface area contributed by atoms with Gasteiger partial charge in [0.05, 0.1) is 11.4 Å². The zero-order valence-corrected chi connectivity index (χ0v) is 11.0. The summed E-state index contributed by atoms with van der Waals surface area (Å²) in [4.78, 5) is 14.5. The monoisotopic (exact) mass is 255 g/mol. The van der Waals surface area contributed by atoms with Crippen molar-refractivity contribution in [3.63, 3.8) is 0 Å². The Balaban J connectivity index is 2.01. The van der Waals surface area contributed by atoms with Crippen LogP contribution in [0, 0.1) is 0 Å². The molecule has 0 atom stereocenters. The first kappa shape index (κ1) is 11.8. The van der Waals surface area contributed by atoms with Crippen LogP contribution >= 0.6 is 0 Å². The number of fused-ring (bicyclic) bond motifs is 1. The summed E-state index contributed by atoms with van der Waals surface area (Å²) in [7, 11) is 1.90. The Bertz CT molecular complexity index is 603. The number of nitrogens with zero attached hydrogens (tertiary/aromatic N) is 2. The molecule has 3 rings (SSSR count). The minimum Gasteiger partial charge on any atom is -0.383 e. The summed E-state index contributed by atoms with van der Waals surface area (Å²) < 4.78 is 1.86. The highest BCUT2D eigenvalue weighted by Gasteiger charge is 2.23. The molecule has 2 aromatic rings. The second-order valence-electron chi connectivity index (χ2n) is 4.76. The smallest absolute Gasteiger partial charge is 0.274 e. The molecule has 0 aliphatic carbocycles. The minimum atomic E-state index is 0.0589. The number of aryl methyl sites for hydroxylation is 1. The highest BCUT2D eigenvalue weighted by molar-refractivity contribution is 6.07. The van der Waals surface area contributed by atoms with Crippen LogP contribution in [0.5, 0.6) is 0 Å². The van der Waals surface area contributed by atoms with E-state index < -0.39 is 0 Å². The van der Waals surface area contributed by atoms with E-state index in [0.29, 0.717) is 0 Å². The number of hydrogen-bond acceptors (Lipinski definition) is 2. The number of amides is 1. The third-order valence-electron chi connectivity index (χ3n) is 3.48. The van der Waals surface area contributed by atoms with Gasteiger partial charge < -0.3 is 14.8 Å². The Morgan fingerprint density at radius 3 is 2.84 bits per heavy atom. The Morgan fingerprint density at radius 2 is 2.05 bits per heavy atom. The zero-order chi connectivity index (χ0) is 13.2. The van der Waals surface area contributed by atoms with Crippen molar-refractivity contribution in [1.29, 1.82) is 0 Å². The number of anilines is 2. The molecule has 1 aromatic heterocycles. The average molecular weight is 255 g/mol. The lowest BCUT2D eigenvalue weighted by molar-refractivity contribution is 0.0979. The van der Waals surface area contributed by atoms with Crippen molar-refractivity contribution in [3.05, 3.63) is 48.3 Å². The molecule has 0 bridgehead atoms. The van der Waals surface area contributed by atoms with E-state index in [9.17, 15) is 4.79 Å². The maximum Gasteiger partial charge on any atom is 0.274 e. The maximum absolute atomic E-state index is 12.7. The normalized spacial score (nSPS) is 14.5. The Hall–Kier alpha value is -2.23. The van der Waals surface area contributed by atoms with Gasteiger partial charge in [-0.1, -0.05) is 12.1 Å². The van der Waals surface area contributed by atoms with Crippen LogP contribution in [0.2, 0.25) is 0 Å². The van der Waals surface area contributed by atoms with Gasteiger partial charge in [0, 0.05) is 26.3 Å². The minimum absolute atomic E-state index is 0.0589. The molecule has 0 saturated carbocycles. The largest absolute Gasteiger partial charge is 0.383 e. The van der Waals surface area contributed by atoms with E-state index in [4.69, 9.17) is 0 Å². The van der Waals surface area contributed by atoms with Gasteiger partial charge in [0.1, 0.15) is 5.69 Å². The van der Waals surface area contributed by atoms with Gasteiger partial charge in [0.15, 0.2) is 0 Å². The van der Waals surface area contributed by atoms with Gasteiger partial charge in [-0.05, 0) is 30.7 Å². The number of para-hydroxylation sites is 2. The summed E-state index contributed by atoms with van der Waals surface area (Å²) in [5, 5.41) is 3.37. The standard InChI is InChI=1S/C15H17N3O/c1-17-10-4-8-14(17)15(19)18-11-5-9-16-12-6-2-3-7-13(12)18/h2-4,6-8,10,16H,5,9,11H2,1H3. The van der Waals surface area contributed by atoms with Gasteiger partial charge in [-0.15, -0.1) is 0 Å². The molecular weight excluding hydrogens is 238 g/mol. The predicted octanol–water partition coefficient (Wildman–Crippen LogP) is 2.49. The van der Waals surface area contributed by atoms with E-state index in [1.165, 1.54) is 0 Å². The van der Waals surface area contributed by atoms with E-state index in [2.05, 4.69) is 5.32 Å². The number of carbonyl (C=O) groups excluding carboxylic acids is 1. The van der Waals surface area contributed by atoms with Crippen molar-refractivity contribution >= 4 is 17.3 Å². The Labute approximate surface area is 112 Å². The summed E-state index contributed by atoms with van der Waals surface area (Å²) in [6, 6.07) is 11.7. The molecule has 0 spiro atoms. The first-order valence-electron chi connectivity index (χ1n) is 6.53. The second kappa shape index (κ2) is 4.80. The van der Waals surface area contributed by atoms with Gasteiger partial charge in [-0.3, -0.25) is 4.79 Å². The summed E-state index contributed by atoms with van der Waals surface area (Å²) in [6.45, 7) is 1.64. The van der Waals surface area contributed by atoms with E-state index in [1.54, 1.807) is 0 Å². The first-order valence-corrected chi connectivity index (χ1v) is 6.53. The van der Waals surface area contributed by atoms with Crippen molar-refractivity contribution in [2.24, 2.45) is 7.05 Å². The molecule has 2 heterocycles. The van der Waals surface area contributed by atoms with Crippen molar-refractivity contribution in [2.75, 3.05) is 23.3 Å². The Morgan fingerprint density at radius 1 is 1.21 bits per heavy atom. The number of benzene rings is 1. The van der Waals surface area contributed by atoms with Gasteiger partial charge >= 0.3 is 0 Å². The quantitative estimate of drug-likeness (QED) is 0.850. The molecule has 1 aliphatic rings. The number of aromatic nitrogens is 1. The lowest BCUT2D eigenvalue weighted by Crippen LogP contribution is -2.32. The van der Waals surface area contributed by atoms with Gasteiger partial charge in [-0.25, -0.2) is 0 Å². The van der Waals surface area contributed by atoms with E-state index in [0.717, 1.165) is 36.6 Å². The Kier molecular flexibility index (Phi) is 2.99. The zero-order valence-electron chi connectivity index (χ0n) is 11.0. The number of carbonyl (C=O) groups is 1. The third kappa shape index (κ3) is 2.10. The molecular formula is C15H17N3O. The molecule has 1 N–H and O–H groups in total. The van der Waals surface area contributed by atoms with Crippen molar-refractivity contribution < 1.29 is 4.79 Å². The fourth-order valence-electron chi connectivity index (χ4n) is 2.47. The van der Waals surface area contributed by atoms with Crippen LogP contribution in [-0.2, 0) is 7.05 Å². The maximum atomic E-state index is 12.7. The molecule has 98 valence electrons. The number of hydrogen-bond donors (Lipinski definition) is 1. The highest BCUT2D eigenvalue weighted by Crippen LogP contribution is 2.29. The summed E-state index contributed by atoms with van der Waals surface area (Å²) in [5.41, 5.74) is 2.71. The molecule has 0 unspecified atom stereocenters. The van der Waals surface area contributed by atoms with Crippen LogP contribution in [0.25, 0.3) is 0 Å². The predicted molar refractivity (Wildman–Crippen MR) is 76.6 cm³/mol. The number of nitrogens with one attached hydrogen (secondary N) is 1. The molecule has 4 heteroatoms. The van der Waals surface area contributed by atoms with E-state index in [1.807, 2.05) is 59.1 Å². The third-order valence-corrected chi connectivity index (χ3v) is 3.48. The lowest BCUT2D eigenvalue weighted by Gasteiger charge is -2.22. The van der Waals surface area contributed by atoms with Crippen LogP contribution in [0.3, 0.4) is 0 Å². The molecule has 1 aliphatic heterocycles. The SMILES string of the molecule is Cn1cccc1C(=O)N1CCCNc2ccccc21. The summed E-state index contributed by atoms with van der Waals surface area (Å²) >= 11 is 0. The molecule has 19 heavy (non-hydrogen) atoms. The van der Waals surface area contributed by atoms with Crippen molar-refractivity contribution in [1.82, 2.24) is 4.57 Å². The fraction of sp³-hybridized carbons (Fsp3) is 0.267. The van der Waals surface area contributed by atoms with Crippen LogP contribution in [0.4, 0.5) is 11.4 Å². The first-order chi connectivity index (χ1) is 9.27. The average Bonchev–Trinajstić information content (AvgIpc) is 2.74. The molecule has 1 amide bonds. The van der Waals surface area contributed by atoms with Crippen LogP contribution in [0.15, 0.2) is 42.6 Å². The molecule has 0 saturated heterocycles. The highest BCUT2D eigenvalue weighted by atomic mass is 16.2. The number of rotatable bonds is 1. The fourth-order valence-corrected chi connectivity index (χ4v) is 2.47. The molecule has 1 aromatic carbocycles. The van der Waals surface area contributed by atoms with E-state index >= 15 is 0 Å². The van der Waals surface area contributed by atoms with Crippen LogP contribution in [0.1, 0.15) is 16.9 Å². The van der Waals surface area contributed by atoms with Gasteiger partial charge in [0.2, 0.25) is 0 Å². The summed E-state index contributed by atoms with van der Waals surface area (Å²) in [5.74, 6) is 0.0589. The topological polar surface area (TPSA) is 37.3 Å². The van der Waals surface area contributed by atoms with Crippen LogP contribution in [-0.4, -0.2) is 23.6 Å². The summed E-state index contributed by atoms with van der Waals surface area (Å²) in [6.07, 6.45) is 2.85. The van der Waals surface area contributed by atoms with Gasteiger partial charge in [-0.2, -0.15) is 0 Å². The van der Waals surface area contributed by atoms with Crippen molar-refractivity contribution in [3.8, 4) is 0 Å². The van der Waals surface area contributed by atoms with Crippen molar-refractivity contribution in [2.45, 2.75) is 6.42 Å².